The minimum Gasteiger partial charge on any atom is -0.334 e. The number of carbonyl (C=O) groups is 1. The molecule has 5 heteroatoms. The van der Waals surface area contributed by atoms with Gasteiger partial charge in [0.25, 0.3) is 0 Å². The van der Waals surface area contributed by atoms with Crippen molar-refractivity contribution in [1.29, 1.82) is 0 Å². The topological polar surface area (TPSA) is 61.9 Å². The molecule has 0 radical (unpaired) electrons. The van der Waals surface area contributed by atoms with Crippen molar-refractivity contribution in [3.63, 3.8) is 0 Å². The Bertz CT molecular complexity index is 860. The van der Waals surface area contributed by atoms with E-state index in [0.717, 1.165) is 42.6 Å². The lowest BCUT2D eigenvalue weighted by Gasteiger charge is -2.25. The van der Waals surface area contributed by atoms with Crippen molar-refractivity contribution in [3.8, 4) is 11.1 Å². The number of hydrogen-bond donors (Lipinski definition) is 1. The summed E-state index contributed by atoms with van der Waals surface area (Å²) in [5, 5.41) is 7.39. The molecule has 1 saturated heterocycles. The Morgan fingerprint density at radius 1 is 1.15 bits per heavy atom. The lowest BCUT2D eigenvalue weighted by molar-refractivity contribution is -0.132. The number of aromatic nitrogens is 3. The van der Waals surface area contributed by atoms with Gasteiger partial charge in [0.2, 0.25) is 5.91 Å². The molecule has 26 heavy (non-hydrogen) atoms. The highest BCUT2D eigenvalue weighted by Crippen LogP contribution is 2.36. The Kier molecular flexibility index (Phi) is 4.78. The molecule has 1 aliphatic heterocycles. The highest BCUT2D eigenvalue weighted by atomic mass is 16.2. The van der Waals surface area contributed by atoms with Crippen LogP contribution in [0.2, 0.25) is 0 Å². The lowest BCUT2D eigenvalue weighted by atomic mass is 10.0. The molecule has 1 amide bonds. The third-order valence-corrected chi connectivity index (χ3v) is 5.04. The Morgan fingerprint density at radius 3 is 2.77 bits per heavy atom. The number of rotatable bonds is 5. The molecule has 3 aromatic rings. The Labute approximate surface area is 153 Å². The number of pyridine rings is 1. The van der Waals surface area contributed by atoms with Gasteiger partial charge in [-0.15, -0.1) is 0 Å². The number of hydrogen-bond acceptors (Lipinski definition) is 3. The molecule has 1 atom stereocenters. The van der Waals surface area contributed by atoms with Crippen LogP contribution < -0.4 is 0 Å². The van der Waals surface area contributed by atoms with Crippen molar-refractivity contribution in [2.45, 2.75) is 31.7 Å². The average Bonchev–Trinajstić information content (AvgIpc) is 3.36. The highest BCUT2D eigenvalue weighted by molar-refractivity contribution is 5.78. The third-order valence-electron chi connectivity index (χ3n) is 5.04. The van der Waals surface area contributed by atoms with E-state index in [1.165, 1.54) is 5.56 Å². The molecule has 1 fully saturated rings. The number of amides is 1. The zero-order chi connectivity index (χ0) is 17.8. The van der Waals surface area contributed by atoms with Gasteiger partial charge < -0.3 is 4.90 Å². The van der Waals surface area contributed by atoms with Crippen LogP contribution in [0.3, 0.4) is 0 Å². The molecule has 1 N–H and O–H groups in total. The molecule has 1 aliphatic rings. The molecule has 132 valence electrons. The first-order chi connectivity index (χ1) is 12.8. The molecule has 5 nitrogen and oxygen atoms in total. The monoisotopic (exact) mass is 346 g/mol. The zero-order valence-electron chi connectivity index (χ0n) is 14.6. The van der Waals surface area contributed by atoms with Gasteiger partial charge in [-0.25, -0.2) is 0 Å². The number of benzene rings is 1. The van der Waals surface area contributed by atoms with Gasteiger partial charge in [0.05, 0.1) is 17.9 Å². The molecule has 0 saturated carbocycles. The van der Waals surface area contributed by atoms with Gasteiger partial charge in [-0.2, -0.15) is 5.10 Å². The van der Waals surface area contributed by atoms with Crippen molar-refractivity contribution in [2.75, 3.05) is 6.54 Å². The molecule has 2 aromatic heterocycles. The van der Waals surface area contributed by atoms with Crippen LogP contribution in [-0.2, 0) is 11.2 Å². The molecule has 1 unspecified atom stereocenters. The van der Waals surface area contributed by atoms with Gasteiger partial charge in [0.1, 0.15) is 0 Å². The number of H-pyrrole nitrogens is 1. The van der Waals surface area contributed by atoms with Crippen molar-refractivity contribution in [3.05, 3.63) is 72.3 Å². The van der Waals surface area contributed by atoms with Crippen LogP contribution in [0.5, 0.6) is 0 Å². The fraction of sp³-hybridized carbons (Fsp3) is 0.286. The second kappa shape index (κ2) is 7.52. The van der Waals surface area contributed by atoms with Crippen LogP contribution in [0.15, 0.2) is 61.1 Å². The van der Waals surface area contributed by atoms with E-state index >= 15 is 0 Å². The first-order valence-electron chi connectivity index (χ1n) is 9.10. The number of carbonyl (C=O) groups excluding carboxylic acids is 1. The average molecular weight is 346 g/mol. The van der Waals surface area contributed by atoms with Gasteiger partial charge in [-0.05, 0) is 42.5 Å². The molecule has 4 rings (SSSR count). The third kappa shape index (κ3) is 3.38. The standard InChI is InChI=1S/C21H22N4O/c26-20(9-8-16-5-2-1-3-6-16)25-14-4-7-19(25)21-18(15-23-24-21)17-10-12-22-13-11-17/h1-3,5-6,10-13,15,19H,4,7-9,14H2,(H,23,24). The SMILES string of the molecule is O=C(CCc1ccccc1)N1CCCC1c1[nH]ncc1-c1ccncc1. The molecular weight excluding hydrogens is 324 g/mol. The summed E-state index contributed by atoms with van der Waals surface area (Å²) in [5.41, 5.74) is 4.37. The number of aromatic amines is 1. The van der Waals surface area contributed by atoms with E-state index < -0.39 is 0 Å². The van der Waals surface area contributed by atoms with E-state index in [4.69, 9.17) is 0 Å². The minimum absolute atomic E-state index is 0.0731. The highest BCUT2D eigenvalue weighted by Gasteiger charge is 2.32. The maximum Gasteiger partial charge on any atom is 0.223 e. The number of aryl methyl sites for hydroxylation is 1. The van der Waals surface area contributed by atoms with Crippen LogP contribution in [-0.4, -0.2) is 32.5 Å². The summed E-state index contributed by atoms with van der Waals surface area (Å²) in [6.07, 6.45) is 8.72. The number of likely N-dealkylation sites (tertiary alicyclic amines) is 1. The predicted molar refractivity (Wildman–Crippen MR) is 100 cm³/mol. The first kappa shape index (κ1) is 16.5. The summed E-state index contributed by atoms with van der Waals surface area (Å²) in [7, 11) is 0. The minimum atomic E-state index is 0.0731. The fourth-order valence-corrected chi connectivity index (χ4v) is 3.72. The molecule has 3 heterocycles. The Morgan fingerprint density at radius 2 is 1.96 bits per heavy atom. The summed E-state index contributed by atoms with van der Waals surface area (Å²) in [6, 6.07) is 14.2. The van der Waals surface area contributed by atoms with Crippen LogP contribution in [0.4, 0.5) is 0 Å². The summed E-state index contributed by atoms with van der Waals surface area (Å²) in [4.78, 5) is 19.0. The molecule has 1 aromatic carbocycles. The molecule has 0 aliphatic carbocycles. The van der Waals surface area contributed by atoms with Crippen LogP contribution in [0, 0.1) is 0 Å². The zero-order valence-corrected chi connectivity index (χ0v) is 14.6. The van der Waals surface area contributed by atoms with E-state index in [-0.39, 0.29) is 11.9 Å². The van der Waals surface area contributed by atoms with Crippen molar-refractivity contribution >= 4 is 5.91 Å². The van der Waals surface area contributed by atoms with E-state index in [9.17, 15) is 4.79 Å². The first-order valence-corrected chi connectivity index (χ1v) is 9.10. The van der Waals surface area contributed by atoms with Crippen molar-refractivity contribution < 1.29 is 4.79 Å². The second-order valence-electron chi connectivity index (χ2n) is 6.66. The largest absolute Gasteiger partial charge is 0.334 e. The predicted octanol–water partition coefficient (Wildman–Crippen LogP) is 3.77. The smallest absolute Gasteiger partial charge is 0.223 e. The summed E-state index contributed by atoms with van der Waals surface area (Å²) < 4.78 is 0. The van der Waals surface area contributed by atoms with Crippen LogP contribution >= 0.6 is 0 Å². The normalized spacial score (nSPS) is 16.8. The van der Waals surface area contributed by atoms with E-state index in [1.807, 2.05) is 41.4 Å². The van der Waals surface area contributed by atoms with E-state index in [1.54, 1.807) is 12.4 Å². The van der Waals surface area contributed by atoms with Crippen molar-refractivity contribution in [2.24, 2.45) is 0 Å². The van der Waals surface area contributed by atoms with E-state index in [0.29, 0.717) is 6.42 Å². The fourth-order valence-electron chi connectivity index (χ4n) is 3.72. The van der Waals surface area contributed by atoms with Crippen LogP contribution in [0.25, 0.3) is 11.1 Å². The quantitative estimate of drug-likeness (QED) is 0.765. The van der Waals surface area contributed by atoms with Crippen LogP contribution in [0.1, 0.15) is 36.6 Å². The Balaban J connectivity index is 1.51. The number of nitrogens with zero attached hydrogens (tertiary/aromatic N) is 3. The number of nitrogens with one attached hydrogen (secondary N) is 1. The van der Waals surface area contributed by atoms with Crippen molar-refractivity contribution in [1.82, 2.24) is 20.1 Å². The second-order valence-corrected chi connectivity index (χ2v) is 6.66. The van der Waals surface area contributed by atoms with Gasteiger partial charge in [0.15, 0.2) is 0 Å². The van der Waals surface area contributed by atoms with Gasteiger partial charge >= 0.3 is 0 Å². The maximum atomic E-state index is 12.9. The Hall–Kier alpha value is -2.95. The van der Waals surface area contributed by atoms with Gasteiger partial charge in [0, 0.05) is 30.9 Å². The summed E-state index contributed by atoms with van der Waals surface area (Å²) >= 11 is 0. The van der Waals surface area contributed by atoms with Gasteiger partial charge in [-0.3, -0.25) is 14.9 Å². The molecule has 0 spiro atoms. The molecule has 0 bridgehead atoms. The maximum absolute atomic E-state index is 12.9. The molecular formula is C21H22N4O. The lowest BCUT2D eigenvalue weighted by Crippen LogP contribution is -2.31. The van der Waals surface area contributed by atoms with E-state index in [2.05, 4.69) is 27.3 Å². The van der Waals surface area contributed by atoms with Gasteiger partial charge in [-0.1, -0.05) is 30.3 Å². The summed E-state index contributed by atoms with van der Waals surface area (Å²) in [6.45, 7) is 0.813. The summed E-state index contributed by atoms with van der Waals surface area (Å²) in [5.74, 6) is 0.214.